The van der Waals surface area contributed by atoms with Crippen LogP contribution in [0.15, 0.2) is 76.5 Å². The predicted octanol–water partition coefficient (Wildman–Crippen LogP) is 6.46. The Balaban J connectivity index is 1.30. The highest BCUT2D eigenvalue weighted by atomic mass is 32.2. The van der Waals surface area contributed by atoms with Gasteiger partial charge in [0.2, 0.25) is 5.89 Å². The van der Waals surface area contributed by atoms with Gasteiger partial charge in [-0.1, -0.05) is 24.3 Å². The number of rotatable bonds is 10. The number of carbonyl (C=O) groups is 1. The molecule has 0 fully saturated rings. The first-order chi connectivity index (χ1) is 17.3. The van der Waals surface area contributed by atoms with E-state index in [9.17, 15) is 18.0 Å². The van der Waals surface area contributed by atoms with Crippen molar-refractivity contribution in [1.82, 2.24) is 20.0 Å². The Kier molecular flexibility index (Phi) is 7.89. The number of carbonyl (C=O) groups excluding carboxylic acids is 1. The van der Waals surface area contributed by atoms with Gasteiger partial charge in [0.1, 0.15) is 30.4 Å². The van der Waals surface area contributed by atoms with Crippen LogP contribution in [0.2, 0.25) is 0 Å². The Morgan fingerprint density at radius 3 is 2.53 bits per heavy atom. The SMILES string of the molecule is CCC(C(=O)c1ccc(OCc2coc(/C=C/c3ccc(SC(F)(F)F)cc3)n2)cc1)n1ccnn1. The van der Waals surface area contributed by atoms with Crippen LogP contribution in [0.3, 0.4) is 0 Å². The van der Waals surface area contributed by atoms with Crippen LogP contribution in [-0.4, -0.2) is 31.3 Å². The normalized spacial score (nSPS) is 12.7. The Morgan fingerprint density at radius 2 is 1.89 bits per heavy atom. The van der Waals surface area contributed by atoms with Gasteiger partial charge in [-0.2, -0.15) is 13.2 Å². The minimum Gasteiger partial charge on any atom is -0.487 e. The van der Waals surface area contributed by atoms with Gasteiger partial charge >= 0.3 is 5.51 Å². The molecule has 7 nitrogen and oxygen atoms in total. The highest BCUT2D eigenvalue weighted by Gasteiger charge is 2.29. The minimum atomic E-state index is -4.32. The van der Waals surface area contributed by atoms with Gasteiger partial charge in [-0.05, 0) is 66.2 Å². The zero-order chi connectivity index (χ0) is 25.5. The quantitative estimate of drug-likeness (QED) is 0.177. The van der Waals surface area contributed by atoms with Gasteiger partial charge in [0.05, 0.1) is 6.20 Å². The highest BCUT2D eigenvalue weighted by Crippen LogP contribution is 2.36. The van der Waals surface area contributed by atoms with Crippen LogP contribution in [0.1, 0.15) is 46.9 Å². The van der Waals surface area contributed by atoms with Crippen molar-refractivity contribution < 1.29 is 27.1 Å². The van der Waals surface area contributed by atoms with Crippen molar-refractivity contribution in [2.75, 3.05) is 0 Å². The summed E-state index contributed by atoms with van der Waals surface area (Å²) >= 11 is -0.157. The molecular weight excluding hydrogens is 493 g/mol. The van der Waals surface area contributed by atoms with Crippen molar-refractivity contribution in [3.8, 4) is 5.75 Å². The van der Waals surface area contributed by atoms with E-state index in [4.69, 9.17) is 9.15 Å². The first-order valence-corrected chi connectivity index (χ1v) is 11.7. The second-order valence-corrected chi connectivity index (χ2v) is 8.75. The average molecular weight is 515 g/mol. The first-order valence-electron chi connectivity index (χ1n) is 10.9. The number of nitrogens with zero attached hydrogens (tertiary/aromatic N) is 4. The molecule has 0 aliphatic rings. The molecule has 0 spiro atoms. The summed E-state index contributed by atoms with van der Waals surface area (Å²) in [5.41, 5.74) is -2.50. The number of thioether (sulfide) groups is 1. The molecule has 0 aliphatic heterocycles. The van der Waals surface area contributed by atoms with E-state index in [-0.39, 0.29) is 29.0 Å². The summed E-state index contributed by atoms with van der Waals surface area (Å²) in [6.45, 7) is 2.07. The number of ketones is 1. The molecule has 1 atom stereocenters. The van der Waals surface area contributed by atoms with E-state index < -0.39 is 11.6 Å². The maximum atomic E-state index is 12.8. The zero-order valence-electron chi connectivity index (χ0n) is 19.1. The van der Waals surface area contributed by atoms with Gasteiger partial charge in [0.15, 0.2) is 5.78 Å². The maximum absolute atomic E-state index is 12.8. The van der Waals surface area contributed by atoms with Crippen molar-refractivity contribution >= 4 is 29.7 Å². The molecule has 4 rings (SSSR count). The molecule has 0 radical (unpaired) electrons. The van der Waals surface area contributed by atoms with Gasteiger partial charge in [0, 0.05) is 22.7 Å². The third kappa shape index (κ3) is 6.85. The summed E-state index contributed by atoms with van der Waals surface area (Å²) in [7, 11) is 0. The molecule has 0 N–H and O–H groups in total. The summed E-state index contributed by atoms with van der Waals surface area (Å²) in [5, 5.41) is 7.69. The van der Waals surface area contributed by atoms with Gasteiger partial charge in [-0.25, -0.2) is 9.67 Å². The van der Waals surface area contributed by atoms with Crippen LogP contribution < -0.4 is 4.74 Å². The number of Topliss-reactive ketones (excluding diaryl/α,β-unsaturated/α-hetero) is 1. The molecule has 0 bridgehead atoms. The fourth-order valence-corrected chi connectivity index (χ4v) is 3.89. The molecule has 1 unspecified atom stereocenters. The molecule has 0 amide bonds. The number of alkyl halides is 3. The van der Waals surface area contributed by atoms with Gasteiger partial charge in [0.25, 0.3) is 0 Å². The van der Waals surface area contributed by atoms with Crippen molar-refractivity contribution in [2.45, 2.75) is 36.4 Å². The van der Waals surface area contributed by atoms with Crippen LogP contribution in [0.4, 0.5) is 13.2 Å². The topological polar surface area (TPSA) is 83.0 Å². The Bertz CT molecular complexity index is 1300. The molecule has 2 aromatic carbocycles. The number of benzene rings is 2. The number of ether oxygens (including phenoxy) is 1. The van der Waals surface area contributed by atoms with Crippen LogP contribution in [0.25, 0.3) is 12.2 Å². The van der Waals surface area contributed by atoms with E-state index in [1.54, 1.807) is 59.4 Å². The fraction of sp³-hybridized carbons (Fsp3) is 0.200. The van der Waals surface area contributed by atoms with Crippen molar-refractivity contribution in [2.24, 2.45) is 0 Å². The molecular formula is C25H21F3N4O3S. The fourth-order valence-electron chi connectivity index (χ4n) is 3.35. The van der Waals surface area contributed by atoms with E-state index in [0.29, 0.717) is 34.9 Å². The number of hydrogen-bond acceptors (Lipinski definition) is 7. The molecule has 0 aliphatic carbocycles. The maximum Gasteiger partial charge on any atom is 0.446 e. The summed E-state index contributed by atoms with van der Waals surface area (Å²) in [5.74, 6) is 0.843. The lowest BCUT2D eigenvalue weighted by atomic mass is 10.0. The summed E-state index contributed by atoms with van der Waals surface area (Å²) in [6, 6.07) is 12.4. The first kappa shape index (κ1) is 25.2. The Morgan fingerprint density at radius 1 is 1.14 bits per heavy atom. The molecule has 2 aromatic heterocycles. The zero-order valence-corrected chi connectivity index (χ0v) is 19.9. The third-order valence-electron chi connectivity index (χ3n) is 5.08. The van der Waals surface area contributed by atoms with Crippen LogP contribution in [-0.2, 0) is 6.61 Å². The average Bonchev–Trinajstić information content (AvgIpc) is 3.55. The molecule has 2 heterocycles. The highest BCUT2D eigenvalue weighted by molar-refractivity contribution is 8.00. The lowest BCUT2D eigenvalue weighted by Crippen LogP contribution is -2.19. The summed E-state index contributed by atoms with van der Waals surface area (Å²) in [4.78, 5) is 17.2. The molecule has 0 saturated heterocycles. The second kappa shape index (κ2) is 11.3. The lowest BCUT2D eigenvalue weighted by molar-refractivity contribution is -0.0328. The van der Waals surface area contributed by atoms with E-state index in [2.05, 4.69) is 15.3 Å². The second-order valence-electron chi connectivity index (χ2n) is 7.61. The van der Waals surface area contributed by atoms with Crippen LogP contribution >= 0.6 is 11.8 Å². The summed E-state index contributed by atoms with van der Waals surface area (Å²) < 4.78 is 50.0. The van der Waals surface area contributed by atoms with Crippen molar-refractivity contribution in [3.63, 3.8) is 0 Å². The van der Waals surface area contributed by atoms with E-state index in [0.717, 1.165) is 0 Å². The minimum absolute atomic E-state index is 0.0590. The third-order valence-corrected chi connectivity index (χ3v) is 5.82. The van der Waals surface area contributed by atoms with Crippen molar-refractivity contribution in [3.05, 3.63) is 89.9 Å². The Labute approximate surface area is 209 Å². The van der Waals surface area contributed by atoms with Gasteiger partial charge < -0.3 is 9.15 Å². The number of hydrogen-bond donors (Lipinski definition) is 0. The lowest BCUT2D eigenvalue weighted by Gasteiger charge is -2.14. The monoisotopic (exact) mass is 514 g/mol. The molecule has 11 heteroatoms. The Hall–Kier alpha value is -3.86. The van der Waals surface area contributed by atoms with Gasteiger partial charge in [-0.15, -0.1) is 5.10 Å². The standard InChI is InChI=1S/C25H21F3N4O3S/c1-2-22(32-14-13-29-31-32)24(33)18-6-8-20(9-7-18)34-15-19-16-35-23(30-19)12-5-17-3-10-21(11-4-17)36-25(26,27)28/h3-14,16,22H,2,15H2,1H3/b12-5+. The molecule has 186 valence electrons. The van der Waals surface area contributed by atoms with E-state index >= 15 is 0 Å². The number of aromatic nitrogens is 4. The van der Waals surface area contributed by atoms with Crippen LogP contribution in [0, 0.1) is 0 Å². The predicted molar refractivity (Wildman–Crippen MR) is 128 cm³/mol. The number of halogens is 3. The van der Waals surface area contributed by atoms with Crippen LogP contribution in [0.5, 0.6) is 5.75 Å². The molecule has 4 aromatic rings. The van der Waals surface area contributed by atoms with Gasteiger partial charge in [-0.3, -0.25) is 4.79 Å². The van der Waals surface area contributed by atoms with E-state index in [1.807, 2.05) is 6.92 Å². The largest absolute Gasteiger partial charge is 0.487 e. The summed E-state index contributed by atoms with van der Waals surface area (Å²) in [6.07, 6.45) is 8.57. The molecule has 36 heavy (non-hydrogen) atoms. The molecule has 0 saturated carbocycles. The smallest absolute Gasteiger partial charge is 0.446 e. The van der Waals surface area contributed by atoms with Crippen molar-refractivity contribution in [1.29, 1.82) is 0 Å². The number of oxazole rings is 1. The van der Waals surface area contributed by atoms with E-state index in [1.165, 1.54) is 24.6 Å².